The largest absolute Gasteiger partial charge is 0.467 e. The van der Waals surface area contributed by atoms with Gasteiger partial charge in [0.25, 0.3) is 0 Å². The Morgan fingerprint density at radius 3 is 2.48 bits per heavy atom. The van der Waals surface area contributed by atoms with Gasteiger partial charge < -0.3 is 14.6 Å². The minimum atomic E-state index is -3.72. The Kier molecular flexibility index (Phi) is 5.07. The van der Waals surface area contributed by atoms with E-state index in [4.69, 9.17) is 9.56 Å². The molecule has 0 aliphatic rings. The molecule has 0 aliphatic carbocycles. The third-order valence-corrected chi connectivity index (χ3v) is 4.52. The van der Waals surface area contributed by atoms with Crippen LogP contribution in [0.2, 0.25) is 0 Å². The maximum absolute atomic E-state index is 12.1. The smallest absolute Gasteiger partial charge is 0.318 e. The number of carbonyl (C=O) groups excluding carboxylic acids is 1. The number of hydrogen-bond acceptors (Lipinski definition) is 4. The van der Waals surface area contributed by atoms with Gasteiger partial charge in [0.05, 0.1) is 23.7 Å². The highest BCUT2D eigenvalue weighted by Crippen LogP contribution is 2.20. The van der Waals surface area contributed by atoms with Gasteiger partial charge in [-0.25, -0.2) is 18.4 Å². The molecule has 0 saturated carbocycles. The van der Waals surface area contributed by atoms with Crippen molar-refractivity contribution in [1.29, 1.82) is 0 Å². The average Bonchev–Trinajstić information content (AvgIpc) is 3.04. The Labute approximate surface area is 135 Å². The molecule has 0 bridgehead atoms. The number of furan rings is 1. The SMILES string of the molecule is CC(c1ccc(S(N)(=O)=O)cc1)N(C)C(=O)NCc1ccco1. The van der Waals surface area contributed by atoms with E-state index in [-0.39, 0.29) is 17.0 Å². The van der Waals surface area contributed by atoms with Crippen LogP contribution >= 0.6 is 0 Å². The second kappa shape index (κ2) is 6.84. The second-order valence-corrected chi connectivity index (χ2v) is 6.70. The summed E-state index contributed by atoms with van der Waals surface area (Å²) in [6.07, 6.45) is 1.54. The Morgan fingerprint density at radius 1 is 1.30 bits per heavy atom. The minimum absolute atomic E-state index is 0.0402. The molecule has 8 heteroatoms. The minimum Gasteiger partial charge on any atom is -0.467 e. The third-order valence-electron chi connectivity index (χ3n) is 3.59. The number of benzene rings is 1. The normalized spacial score (nSPS) is 12.7. The number of primary sulfonamides is 1. The van der Waals surface area contributed by atoms with Crippen molar-refractivity contribution in [2.45, 2.75) is 24.4 Å². The van der Waals surface area contributed by atoms with E-state index in [1.807, 2.05) is 6.92 Å². The van der Waals surface area contributed by atoms with E-state index in [0.29, 0.717) is 12.3 Å². The van der Waals surface area contributed by atoms with Crippen LogP contribution in [-0.4, -0.2) is 26.4 Å². The molecule has 0 radical (unpaired) electrons. The molecule has 3 N–H and O–H groups in total. The topological polar surface area (TPSA) is 106 Å². The summed E-state index contributed by atoms with van der Waals surface area (Å²) in [4.78, 5) is 13.7. The predicted octanol–water partition coefficient (Wildman–Crippen LogP) is 1.83. The van der Waals surface area contributed by atoms with Gasteiger partial charge >= 0.3 is 6.03 Å². The lowest BCUT2D eigenvalue weighted by Crippen LogP contribution is -2.38. The monoisotopic (exact) mass is 337 g/mol. The van der Waals surface area contributed by atoms with Gasteiger partial charge in [0.15, 0.2) is 0 Å². The summed E-state index contributed by atoms with van der Waals surface area (Å²) >= 11 is 0. The summed E-state index contributed by atoms with van der Waals surface area (Å²) in [6.45, 7) is 2.14. The first kappa shape index (κ1) is 17.0. The van der Waals surface area contributed by atoms with Gasteiger partial charge in [-0.1, -0.05) is 12.1 Å². The zero-order valence-electron chi connectivity index (χ0n) is 12.9. The molecule has 0 fully saturated rings. The molecule has 0 aliphatic heterocycles. The molecular formula is C15H19N3O4S. The van der Waals surface area contributed by atoms with Gasteiger partial charge in [-0.15, -0.1) is 0 Å². The molecule has 2 amide bonds. The lowest BCUT2D eigenvalue weighted by Gasteiger charge is -2.25. The van der Waals surface area contributed by atoms with E-state index in [2.05, 4.69) is 5.32 Å². The third kappa shape index (κ3) is 4.33. The fourth-order valence-electron chi connectivity index (χ4n) is 2.04. The molecule has 7 nitrogen and oxygen atoms in total. The summed E-state index contributed by atoms with van der Waals surface area (Å²) in [5.41, 5.74) is 0.799. The van der Waals surface area contributed by atoms with Gasteiger partial charge in [-0.05, 0) is 36.8 Å². The molecule has 2 aromatic rings. The van der Waals surface area contributed by atoms with E-state index in [1.165, 1.54) is 17.0 Å². The van der Waals surface area contributed by atoms with Crippen LogP contribution in [0.1, 0.15) is 24.3 Å². The molecule has 2 rings (SSSR count). The molecule has 23 heavy (non-hydrogen) atoms. The molecular weight excluding hydrogens is 318 g/mol. The van der Waals surface area contributed by atoms with Crippen molar-refractivity contribution in [3.8, 4) is 0 Å². The summed E-state index contributed by atoms with van der Waals surface area (Å²) in [5, 5.41) is 7.81. The summed E-state index contributed by atoms with van der Waals surface area (Å²) in [5.74, 6) is 0.664. The molecule has 1 aromatic carbocycles. The van der Waals surface area contributed by atoms with Gasteiger partial charge in [0.1, 0.15) is 5.76 Å². The maximum atomic E-state index is 12.1. The quantitative estimate of drug-likeness (QED) is 0.868. The number of nitrogens with two attached hydrogens (primary N) is 1. The highest BCUT2D eigenvalue weighted by atomic mass is 32.2. The van der Waals surface area contributed by atoms with Crippen molar-refractivity contribution in [3.63, 3.8) is 0 Å². The summed E-state index contributed by atoms with van der Waals surface area (Å²) in [7, 11) is -2.06. The van der Waals surface area contributed by atoms with Crippen LogP contribution in [-0.2, 0) is 16.6 Å². The molecule has 124 valence electrons. The van der Waals surface area contributed by atoms with Crippen LogP contribution in [0.25, 0.3) is 0 Å². The zero-order valence-corrected chi connectivity index (χ0v) is 13.7. The zero-order chi connectivity index (χ0) is 17.0. The first-order valence-corrected chi connectivity index (χ1v) is 8.49. The van der Waals surface area contributed by atoms with E-state index in [0.717, 1.165) is 5.56 Å². The Bertz CT molecular complexity index is 755. The first-order valence-electron chi connectivity index (χ1n) is 6.95. The number of carbonyl (C=O) groups is 1. The fraction of sp³-hybridized carbons (Fsp3) is 0.267. The van der Waals surface area contributed by atoms with Crippen molar-refractivity contribution in [3.05, 3.63) is 54.0 Å². The van der Waals surface area contributed by atoms with Crippen LogP contribution in [0, 0.1) is 0 Å². The summed E-state index contributed by atoms with van der Waals surface area (Å²) in [6, 6.07) is 9.16. The van der Waals surface area contributed by atoms with Crippen LogP contribution in [0.3, 0.4) is 0 Å². The van der Waals surface area contributed by atoms with Crippen LogP contribution in [0.4, 0.5) is 4.79 Å². The van der Waals surface area contributed by atoms with E-state index in [1.54, 1.807) is 37.6 Å². The number of nitrogens with zero attached hydrogens (tertiary/aromatic N) is 1. The Morgan fingerprint density at radius 2 is 1.96 bits per heavy atom. The van der Waals surface area contributed by atoms with Crippen LogP contribution < -0.4 is 10.5 Å². The number of amides is 2. The molecule has 1 atom stereocenters. The van der Waals surface area contributed by atoms with Crippen molar-refractivity contribution < 1.29 is 17.6 Å². The Balaban J connectivity index is 2.00. The maximum Gasteiger partial charge on any atom is 0.318 e. The fourth-order valence-corrected chi connectivity index (χ4v) is 2.55. The van der Waals surface area contributed by atoms with Gasteiger partial charge in [-0.3, -0.25) is 0 Å². The Hall–Kier alpha value is -2.32. The molecule has 1 unspecified atom stereocenters. The van der Waals surface area contributed by atoms with E-state index in [9.17, 15) is 13.2 Å². The standard InChI is InChI=1S/C15H19N3O4S/c1-11(12-5-7-14(8-6-12)23(16,20)21)18(2)15(19)17-10-13-4-3-9-22-13/h3-9,11H,10H2,1-2H3,(H,17,19)(H2,16,20,21). The average molecular weight is 337 g/mol. The molecule has 1 heterocycles. The predicted molar refractivity (Wildman–Crippen MR) is 84.9 cm³/mol. The van der Waals surface area contributed by atoms with E-state index < -0.39 is 10.0 Å². The lowest BCUT2D eigenvalue weighted by molar-refractivity contribution is 0.193. The highest BCUT2D eigenvalue weighted by Gasteiger charge is 2.18. The van der Waals surface area contributed by atoms with Gasteiger partial charge in [0, 0.05) is 7.05 Å². The summed E-state index contributed by atoms with van der Waals surface area (Å²) < 4.78 is 27.6. The molecule has 0 spiro atoms. The second-order valence-electron chi connectivity index (χ2n) is 5.14. The highest BCUT2D eigenvalue weighted by molar-refractivity contribution is 7.89. The van der Waals surface area contributed by atoms with Crippen molar-refractivity contribution in [2.75, 3.05) is 7.05 Å². The van der Waals surface area contributed by atoms with Gasteiger partial charge in [0.2, 0.25) is 10.0 Å². The number of sulfonamides is 1. The number of urea groups is 1. The van der Waals surface area contributed by atoms with E-state index >= 15 is 0 Å². The molecule has 1 aromatic heterocycles. The van der Waals surface area contributed by atoms with Crippen molar-refractivity contribution >= 4 is 16.1 Å². The van der Waals surface area contributed by atoms with Crippen LogP contribution in [0.15, 0.2) is 52.0 Å². The number of nitrogens with one attached hydrogen (secondary N) is 1. The number of hydrogen-bond donors (Lipinski definition) is 2. The molecule has 0 saturated heterocycles. The van der Waals surface area contributed by atoms with Crippen molar-refractivity contribution in [1.82, 2.24) is 10.2 Å². The lowest BCUT2D eigenvalue weighted by atomic mass is 10.1. The van der Waals surface area contributed by atoms with Crippen molar-refractivity contribution in [2.24, 2.45) is 5.14 Å². The van der Waals surface area contributed by atoms with Gasteiger partial charge in [-0.2, -0.15) is 0 Å². The van der Waals surface area contributed by atoms with Crippen LogP contribution in [0.5, 0.6) is 0 Å². The first-order chi connectivity index (χ1) is 10.8. The number of rotatable bonds is 5.